The molecule has 0 aliphatic carbocycles. The molecule has 2 unspecified atom stereocenters. The molecule has 1 saturated heterocycles. The minimum absolute atomic E-state index is 0.178. The molecule has 3 rings (SSSR count). The van der Waals surface area contributed by atoms with Crippen molar-refractivity contribution in [3.8, 4) is 0 Å². The van der Waals surface area contributed by atoms with Gasteiger partial charge in [0.25, 0.3) is 0 Å². The van der Waals surface area contributed by atoms with Crippen LogP contribution in [0.3, 0.4) is 0 Å². The zero-order valence-electron chi connectivity index (χ0n) is 12.9. The fraction of sp³-hybridized carbons (Fsp3) is 0.588. The first-order valence-corrected chi connectivity index (χ1v) is 7.95. The van der Waals surface area contributed by atoms with E-state index in [0.717, 1.165) is 43.7 Å². The highest BCUT2D eigenvalue weighted by molar-refractivity contribution is 6.00. The van der Waals surface area contributed by atoms with Gasteiger partial charge in [-0.2, -0.15) is 0 Å². The molecule has 4 heteroatoms. The topological polar surface area (TPSA) is 41.6 Å². The van der Waals surface area contributed by atoms with E-state index in [2.05, 4.69) is 30.4 Å². The predicted molar refractivity (Wildman–Crippen MR) is 83.6 cm³/mol. The van der Waals surface area contributed by atoms with Gasteiger partial charge in [-0.1, -0.05) is 19.1 Å². The summed E-state index contributed by atoms with van der Waals surface area (Å²) in [6, 6.07) is 6.64. The Hall–Kier alpha value is -1.39. The van der Waals surface area contributed by atoms with E-state index in [1.807, 2.05) is 7.05 Å². The van der Waals surface area contributed by atoms with Crippen molar-refractivity contribution in [2.45, 2.75) is 44.8 Å². The number of hydrogen-bond donors (Lipinski definition) is 1. The van der Waals surface area contributed by atoms with Crippen molar-refractivity contribution in [1.29, 1.82) is 0 Å². The molecule has 1 aromatic rings. The third-order valence-electron chi connectivity index (χ3n) is 4.49. The first-order valence-electron chi connectivity index (χ1n) is 7.95. The maximum atomic E-state index is 11.8. The maximum Gasteiger partial charge on any atom is 0.231 e. The number of likely N-dealkylation sites (N-methyl/N-ethyl adjacent to an activating group) is 1. The van der Waals surface area contributed by atoms with Gasteiger partial charge in [-0.3, -0.25) is 4.79 Å². The third kappa shape index (κ3) is 2.83. The van der Waals surface area contributed by atoms with Crippen molar-refractivity contribution in [1.82, 2.24) is 5.32 Å². The summed E-state index contributed by atoms with van der Waals surface area (Å²) in [7, 11) is 1.85. The van der Waals surface area contributed by atoms with Crippen molar-refractivity contribution in [2.24, 2.45) is 0 Å². The highest BCUT2D eigenvalue weighted by Crippen LogP contribution is 2.33. The van der Waals surface area contributed by atoms with Crippen LogP contribution in [-0.2, 0) is 16.0 Å². The predicted octanol–water partition coefficient (Wildman–Crippen LogP) is 2.43. The summed E-state index contributed by atoms with van der Waals surface area (Å²) in [4.78, 5) is 13.6. The Labute approximate surface area is 126 Å². The molecule has 21 heavy (non-hydrogen) atoms. The fourth-order valence-corrected chi connectivity index (χ4v) is 3.31. The van der Waals surface area contributed by atoms with E-state index in [9.17, 15) is 4.79 Å². The number of carbonyl (C=O) groups excluding carboxylic acids is 1. The Bertz CT molecular complexity index is 524. The number of amides is 1. The van der Waals surface area contributed by atoms with E-state index in [-0.39, 0.29) is 18.1 Å². The molecular formula is C17H24N2O2. The second-order valence-electron chi connectivity index (χ2n) is 6.00. The van der Waals surface area contributed by atoms with E-state index in [4.69, 9.17) is 4.74 Å². The van der Waals surface area contributed by atoms with Gasteiger partial charge >= 0.3 is 0 Å². The Kier molecular flexibility index (Phi) is 4.27. The summed E-state index contributed by atoms with van der Waals surface area (Å²) in [5.41, 5.74) is 3.43. The molecule has 1 fully saturated rings. The van der Waals surface area contributed by atoms with Crippen molar-refractivity contribution in [3.63, 3.8) is 0 Å². The molecular weight excluding hydrogens is 264 g/mol. The van der Waals surface area contributed by atoms with Gasteiger partial charge in [0.15, 0.2) is 0 Å². The number of anilines is 1. The van der Waals surface area contributed by atoms with Crippen molar-refractivity contribution in [3.05, 3.63) is 29.3 Å². The monoisotopic (exact) mass is 288 g/mol. The number of hydrogen-bond acceptors (Lipinski definition) is 3. The van der Waals surface area contributed by atoms with Gasteiger partial charge in [-0.25, -0.2) is 0 Å². The number of nitrogens with zero attached hydrogens (tertiary/aromatic N) is 1. The number of benzene rings is 1. The lowest BCUT2D eigenvalue weighted by Crippen LogP contribution is -2.32. The molecule has 1 amide bonds. The van der Waals surface area contributed by atoms with Crippen LogP contribution in [0, 0.1) is 0 Å². The molecule has 1 aromatic carbocycles. The molecule has 0 bridgehead atoms. The lowest BCUT2D eigenvalue weighted by Gasteiger charge is -2.25. The van der Waals surface area contributed by atoms with E-state index >= 15 is 0 Å². The molecule has 0 saturated carbocycles. The van der Waals surface area contributed by atoms with Gasteiger partial charge in [0.05, 0.1) is 18.6 Å². The van der Waals surface area contributed by atoms with Gasteiger partial charge < -0.3 is 15.0 Å². The Balaban J connectivity index is 1.85. The molecule has 2 heterocycles. The molecule has 2 aliphatic heterocycles. The Morgan fingerprint density at radius 2 is 2.33 bits per heavy atom. The summed E-state index contributed by atoms with van der Waals surface area (Å²) in [5, 5.41) is 3.62. The van der Waals surface area contributed by atoms with Crippen molar-refractivity contribution in [2.75, 3.05) is 25.1 Å². The van der Waals surface area contributed by atoms with Crippen LogP contribution in [0.2, 0.25) is 0 Å². The molecule has 2 atom stereocenters. The van der Waals surface area contributed by atoms with Crippen LogP contribution in [0.5, 0.6) is 0 Å². The van der Waals surface area contributed by atoms with Crippen LogP contribution in [0.25, 0.3) is 0 Å². The summed E-state index contributed by atoms with van der Waals surface area (Å²) in [6.07, 6.45) is 4.13. The van der Waals surface area contributed by atoms with Gasteiger partial charge in [-0.05, 0) is 43.0 Å². The van der Waals surface area contributed by atoms with Gasteiger partial charge in [0.2, 0.25) is 5.91 Å². The highest BCUT2D eigenvalue weighted by Gasteiger charge is 2.29. The first kappa shape index (κ1) is 14.5. The molecule has 114 valence electrons. The largest absolute Gasteiger partial charge is 0.376 e. The van der Waals surface area contributed by atoms with Crippen LogP contribution in [0.15, 0.2) is 18.2 Å². The second-order valence-corrected chi connectivity index (χ2v) is 6.00. The van der Waals surface area contributed by atoms with Crippen LogP contribution in [0.4, 0.5) is 5.69 Å². The lowest BCUT2D eigenvalue weighted by atomic mass is 9.96. The van der Waals surface area contributed by atoms with Gasteiger partial charge in [0, 0.05) is 19.3 Å². The minimum atomic E-state index is 0.178. The quantitative estimate of drug-likeness (QED) is 0.905. The van der Waals surface area contributed by atoms with Crippen LogP contribution >= 0.6 is 0 Å². The van der Waals surface area contributed by atoms with Crippen LogP contribution in [-0.4, -0.2) is 32.2 Å². The highest BCUT2D eigenvalue weighted by atomic mass is 16.5. The zero-order chi connectivity index (χ0) is 14.8. The van der Waals surface area contributed by atoms with E-state index in [1.54, 1.807) is 4.90 Å². The molecule has 4 nitrogen and oxygen atoms in total. The average Bonchev–Trinajstić information content (AvgIpc) is 3.09. The summed E-state index contributed by atoms with van der Waals surface area (Å²) < 4.78 is 5.89. The molecule has 0 spiro atoms. The number of fused-ring (bicyclic) bond motifs is 1. The van der Waals surface area contributed by atoms with E-state index in [1.165, 1.54) is 5.56 Å². The molecule has 0 aromatic heterocycles. The summed E-state index contributed by atoms with van der Waals surface area (Å²) >= 11 is 0. The first-order chi connectivity index (χ1) is 10.2. The Morgan fingerprint density at radius 1 is 1.48 bits per heavy atom. The van der Waals surface area contributed by atoms with E-state index in [0.29, 0.717) is 6.42 Å². The van der Waals surface area contributed by atoms with Crippen LogP contribution in [0.1, 0.15) is 43.4 Å². The lowest BCUT2D eigenvalue weighted by molar-refractivity contribution is -0.117. The SMILES string of the molecule is CCCNC(c1ccc2c(c1)CC(=O)N2C)C1CCCO1. The number of rotatable bonds is 5. The van der Waals surface area contributed by atoms with Gasteiger partial charge in [0.1, 0.15) is 0 Å². The van der Waals surface area contributed by atoms with Crippen molar-refractivity contribution < 1.29 is 9.53 Å². The van der Waals surface area contributed by atoms with Gasteiger partial charge in [-0.15, -0.1) is 0 Å². The second kappa shape index (κ2) is 6.16. The average molecular weight is 288 g/mol. The molecule has 0 radical (unpaired) electrons. The third-order valence-corrected chi connectivity index (χ3v) is 4.49. The normalized spacial score (nSPS) is 22.7. The molecule has 2 aliphatic rings. The number of carbonyl (C=O) groups is 1. The standard InChI is InChI=1S/C17H24N2O2/c1-3-8-18-17(15-5-4-9-21-15)12-6-7-14-13(10-12)11-16(20)19(14)2/h6-7,10,15,17-18H,3-5,8-9,11H2,1-2H3. The molecule has 1 N–H and O–H groups in total. The van der Waals surface area contributed by atoms with Crippen molar-refractivity contribution >= 4 is 11.6 Å². The fourth-order valence-electron chi connectivity index (χ4n) is 3.31. The smallest absolute Gasteiger partial charge is 0.231 e. The summed E-state index contributed by atoms with van der Waals surface area (Å²) in [6.45, 7) is 4.03. The van der Waals surface area contributed by atoms with Crippen LogP contribution < -0.4 is 10.2 Å². The van der Waals surface area contributed by atoms with E-state index < -0.39 is 0 Å². The Morgan fingerprint density at radius 3 is 3.05 bits per heavy atom. The zero-order valence-corrected chi connectivity index (χ0v) is 12.9. The maximum absolute atomic E-state index is 11.8. The number of ether oxygens (including phenoxy) is 1. The summed E-state index contributed by atoms with van der Waals surface area (Å²) in [5.74, 6) is 0.178. The number of nitrogens with one attached hydrogen (secondary N) is 1. The minimum Gasteiger partial charge on any atom is -0.376 e.